The summed E-state index contributed by atoms with van der Waals surface area (Å²) in [6.45, 7) is 5.42. The first-order valence-electron chi connectivity index (χ1n) is 17.0. The van der Waals surface area contributed by atoms with Crippen molar-refractivity contribution in [3.05, 3.63) is 60.7 Å². The average molecular weight is 649 g/mol. The van der Waals surface area contributed by atoms with Crippen LogP contribution in [0.3, 0.4) is 0 Å². The molecule has 0 atom stereocenters. The Balaban J connectivity index is 1.09. The molecule has 2 saturated carbocycles. The number of ether oxygens (including phenoxy) is 5. The summed E-state index contributed by atoms with van der Waals surface area (Å²) in [6.07, 6.45) is 13.6. The van der Waals surface area contributed by atoms with Gasteiger partial charge in [-0.15, -0.1) is 0 Å². The monoisotopic (exact) mass is 648 g/mol. The van der Waals surface area contributed by atoms with E-state index in [0.29, 0.717) is 61.1 Å². The summed E-state index contributed by atoms with van der Waals surface area (Å²) >= 11 is 0. The van der Waals surface area contributed by atoms with E-state index in [1.165, 1.54) is 6.08 Å². The first-order chi connectivity index (χ1) is 23.0. The molecule has 47 heavy (non-hydrogen) atoms. The maximum absolute atomic E-state index is 12.8. The molecule has 4 rings (SSSR count). The predicted molar refractivity (Wildman–Crippen MR) is 177 cm³/mol. The second-order valence-electron chi connectivity index (χ2n) is 12.6. The Morgan fingerprint density at radius 3 is 1.98 bits per heavy atom. The van der Waals surface area contributed by atoms with Gasteiger partial charge >= 0.3 is 11.9 Å². The summed E-state index contributed by atoms with van der Waals surface area (Å²) in [5.41, 5.74) is 0.460. The molecule has 2 fully saturated rings. The topological polar surface area (TPSA) is 114 Å². The lowest BCUT2D eigenvalue weighted by atomic mass is 9.82. The van der Waals surface area contributed by atoms with Gasteiger partial charge in [0.1, 0.15) is 29.3 Å². The van der Waals surface area contributed by atoms with Gasteiger partial charge in [-0.05, 0) is 131 Å². The highest BCUT2D eigenvalue weighted by Gasteiger charge is 2.28. The maximum atomic E-state index is 12.8. The molecule has 0 radical (unpaired) electrons. The molecule has 9 nitrogen and oxygen atoms in total. The highest BCUT2D eigenvalue weighted by Crippen LogP contribution is 2.33. The molecule has 2 aromatic carbocycles. The van der Waals surface area contributed by atoms with E-state index >= 15 is 0 Å². The highest BCUT2D eigenvalue weighted by molar-refractivity contribution is 5.81. The summed E-state index contributed by atoms with van der Waals surface area (Å²) < 4.78 is 28.4. The number of hydrogen-bond acceptors (Lipinski definition) is 9. The molecule has 9 heteroatoms. The molecule has 2 aliphatic carbocycles. The van der Waals surface area contributed by atoms with Crippen molar-refractivity contribution in [3.63, 3.8) is 0 Å². The van der Waals surface area contributed by atoms with E-state index in [2.05, 4.69) is 6.58 Å². The smallest absolute Gasteiger partial charge is 0.330 e. The molecule has 0 aromatic heterocycles. The average Bonchev–Trinajstić information content (AvgIpc) is 3.12. The van der Waals surface area contributed by atoms with Crippen molar-refractivity contribution in [3.8, 4) is 23.0 Å². The van der Waals surface area contributed by atoms with E-state index < -0.39 is 0 Å². The van der Waals surface area contributed by atoms with Gasteiger partial charge in [-0.1, -0.05) is 6.58 Å². The van der Waals surface area contributed by atoms with Gasteiger partial charge in [0.15, 0.2) is 6.29 Å². The van der Waals surface area contributed by atoms with Gasteiger partial charge in [0, 0.05) is 12.0 Å². The third-order valence-corrected chi connectivity index (χ3v) is 9.09. The van der Waals surface area contributed by atoms with Crippen LogP contribution >= 0.6 is 0 Å². The van der Waals surface area contributed by atoms with E-state index in [9.17, 15) is 19.2 Å². The number of unbranched alkanes of at least 4 members (excludes halogenated alkanes) is 3. The molecule has 2 aromatic rings. The Kier molecular flexibility index (Phi) is 14.8. The molecular weight excluding hydrogens is 600 g/mol. The van der Waals surface area contributed by atoms with E-state index in [0.717, 1.165) is 95.4 Å². The van der Waals surface area contributed by atoms with Gasteiger partial charge in [-0.25, -0.2) is 4.79 Å². The van der Waals surface area contributed by atoms with Gasteiger partial charge < -0.3 is 28.5 Å². The first kappa shape index (κ1) is 35.7. The fourth-order valence-electron chi connectivity index (χ4n) is 6.10. The van der Waals surface area contributed by atoms with Crippen LogP contribution in [0.4, 0.5) is 0 Å². The summed E-state index contributed by atoms with van der Waals surface area (Å²) in [5, 5.41) is 0. The van der Waals surface area contributed by atoms with Crippen LogP contribution in [0.2, 0.25) is 0 Å². The quantitative estimate of drug-likeness (QED) is 0.0507. The van der Waals surface area contributed by atoms with E-state index in [-0.39, 0.29) is 23.8 Å². The molecule has 0 unspecified atom stereocenters. The number of carbonyl (C=O) groups excluding carboxylic acids is 4. The van der Waals surface area contributed by atoms with Crippen molar-refractivity contribution in [1.82, 2.24) is 0 Å². The van der Waals surface area contributed by atoms with Gasteiger partial charge in [0.25, 0.3) is 0 Å². The minimum atomic E-state index is -0.390. The molecule has 254 valence electrons. The summed E-state index contributed by atoms with van der Waals surface area (Å²) in [7, 11) is 0. The van der Waals surface area contributed by atoms with Gasteiger partial charge in [-0.2, -0.15) is 0 Å². The van der Waals surface area contributed by atoms with E-state index in [1.54, 1.807) is 36.4 Å². The van der Waals surface area contributed by atoms with Crippen LogP contribution in [0, 0.1) is 23.7 Å². The van der Waals surface area contributed by atoms with E-state index in [4.69, 9.17) is 23.7 Å². The lowest BCUT2D eigenvalue weighted by Gasteiger charge is -2.27. The van der Waals surface area contributed by atoms with Crippen LogP contribution in [0.25, 0.3) is 0 Å². The van der Waals surface area contributed by atoms with Gasteiger partial charge in [-0.3, -0.25) is 9.59 Å². The zero-order valence-electron chi connectivity index (χ0n) is 27.3. The normalized spacial score (nSPS) is 20.8. The molecule has 0 N–H and O–H groups in total. The zero-order valence-corrected chi connectivity index (χ0v) is 27.3. The van der Waals surface area contributed by atoms with Crippen LogP contribution < -0.4 is 18.9 Å². The van der Waals surface area contributed by atoms with Crippen LogP contribution in [-0.4, -0.2) is 50.9 Å². The van der Waals surface area contributed by atoms with Crippen molar-refractivity contribution in [2.75, 3.05) is 26.4 Å². The van der Waals surface area contributed by atoms with Crippen molar-refractivity contribution in [1.29, 1.82) is 0 Å². The first-order valence-corrected chi connectivity index (χ1v) is 17.0. The van der Waals surface area contributed by atoms with Crippen molar-refractivity contribution >= 4 is 24.5 Å². The Morgan fingerprint density at radius 2 is 1.32 bits per heavy atom. The van der Waals surface area contributed by atoms with Crippen molar-refractivity contribution in [2.45, 2.75) is 77.0 Å². The number of carbonyl (C=O) groups is 4. The minimum absolute atomic E-state index is 0.155. The molecule has 0 saturated heterocycles. The molecule has 0 aliphatic heterocycles. The number of benzene rings is 2. The lowest BCUT2D eigenvalue weighted by molar-refractivity contribution is -0.140. The van der Waals surface area contributed by atoms with Crippen LogP contribution in [-0.2, 0) is 19.1 Å². The number of rotatable bonds is 19. The second kappa shape index (κ2) is 19.5. The Hall–Kier alpha value is -4.14. The van der Waals surface area contributed by atoms with Crippen molar-refractivity contribution in [2.24, 2.45) is 23.7 Å². The molecule has 0 bridgehead atoms. The second-order valence-corrected chi connectivity index (χ2v) is 12.6. The van der Waals surface area contributed by atoms with E-state index in [1.807, 2.05) is 6.07 Å². The van der Waals surface area contributed by atoms with Crippen LogP contribution in [0.15, 0.2) is 55.1 Å². The fourth-order valence-corrected chi connectivity index (χ4v) is 6.10. The standard InChI is InChI=1S/C38H48O9/c1-2-37(41)44-22-6-4-3-5-21-43-33-15-17-34(18-16-33)47-38(42)31-13-11-30(12-14-31)27-46-36-20-19-35(23-32(36)25-40)45-26-29-9-7-28(24-39)8-10-29/h2,15-20,23-25,28-31H,1,3-14,21-22,26-27H2. The van der Waals surface area contributed by atoms with Crippen LogP contribution in [0.5, 0.6) is 23.0 Å². The molecule has 0 spiro atoms. The Bertz CT molecular complexity index is 1290. The molecule has 0 heterocycles. The van der Waals surface area contributed by atoms with Crippen LogP contribution in [0.1, 0.15) is 87.4 Å². The fraction of sp³-hybridized carbons (Fsp3) is 0.526. The molecular formula is C38H48O9. The molecule has 2 aliphatic rings. The maximum Gasteiger partial charge on any atom is 0.330 e. The minimum Gasteiger partial charge on any atom is -0.494 e. The summed E-state index contributed by atoms with van der Waals surface area (Å²) in [5.74, 6) is 2.55. The summed E-state index contributed by atoms with van der Waals surface area (Å²) in [4.78, 5) is 46.6. The van der Waals surface area contributed by atoms with Crippen molar-refractivity contribution < 1.29 is 42.9 Å². The SMILES string of the molecule is C=CC(=O)OCCCCCCOc1ccc(OC(=O)C2CCC(COc3ccc(OCC4CCC(C=O)CC4)cc3C=O)CC2)cc1. The number of esters is 2. The lowest BCUT2D eigenvalue weighted by Crippen LogP contribution is -2.27. The number of aldehydes is 2. The third kappa shape index (κ3) is 12.2. The molecule has 0 amide bonds. The summed E-state index contributed by atoms with van der Waals surface area (Å²) in [6, 6.07) is 12.5. The van der Waals surface area contributed by atoms with Gasteiger partial charge in [0.2, 0.25) is 0 Å². The number of hydrogen-bond donors (Lipinski definition) is 0. The largest absolute Gasteiger partial charge is 0.494 e. The Morgan fingerprint density at radius 1 is 0.702 bits per heavy atom. The third-order valence-electron chi connectivity index (χ3n) is 9.09. The Labute approximate surface area is 277 Å². The van der Waals surface area contributed by atoms with Gasteiger partial charge in [0.05, 0.1) is 37.9 Å². The zero-order chi connectivity index (χ0) is 33.3. The highest BCUT2D eigenvalue weighted by atomic mass is 16.5. The predicted octanol–water partition coefficient (Wildman–Crippen LogP) is 7.34.